The molecule has 2 aromatic rings. The minimum absolute atomic E-state index is 0.118. The second kappa shape index (κ2) is 9.02. The van der Waals surface area contributed by atoms with E-state index in [0.29, 0.717) is 38.0 Å². The van der Waals surface area contributed by atoms with Gasteiger partial charge in [0.2, 0.25) is 11.8 Å². The minimum atomic E-state index is -0.692. The van der Waals surface area contributed by atoms with Gasteiger partial charge < -0.3 is 15.1 Å². The van der Waals surface area contributed by atoms with Crippen LogP contribution in [-0.2, 0) is 15.0 Å². The van der Waals surface area contributed by atoms with Gasteiger partial charge >= 0.3 is 6.03 Å². The first-order valence-corrected chi connectivity index (χ1v) is 11.2. The highest BCUT2D eigenvalue weighted by molar-refractivity contribution is 6.03. The van der Waals surface area contributed by atoms with E-state index in [4.69, 9.17) is 0 Å². The minimum Gasteiger partial charge on any atom is -0.368 e. The summed E-state index contributed by atoms with van der Waals surface area (Å²) in [6, 6.07) is 15.7. The number of amides is 4. The van der Waals surface area contributed by atoms with Crippen LogP contribution in [0.5, 0.6) is 0 Å². The summed E-state index contributed by atoms with van der Waals surface area (Å²) >= 11 is 0. The Morgan fingerprint density at radius 2 is 1.78 bits per heavy atom. The Kier molecular flexibility index (Phi) is 6.17. The molecule has 7 nitrogen and oxygen atoms in total. The molecule has 0 saturated carbocycles. The molecule has 7 heteroatoms. The van der Waals surface area contributed by atoms with Crippen LogP contribution in [-0.4, -0.2) is 48.9 Å². The average molecular weight is 435 g/mol. The largest absolute Gasteiger partial charge is 0.368 e. The molecule has 0 unspecified atom stereocenters. The van der Waals surface area contributed by atoms with Gasteiger partial charge in [0.25, 0.3) is 0 Å². The van der Waals surface area contributed by atoms with Crippen LogP contribution in [0.2, 0.25) is 0 Å². The van der Waals surface area contributed by atoms with E-state index < -0.39 is 5.41 Å². The zero-order valence-electron chi connectivity index (χ0n) is 18.7. The maximum atomic E-state index is 12.8. The number of nitrogens with zero attached hydrogens (tertiary/aromatic N) is 2. The van der Waals surface area contributed by atoms with Gasteiger partial charge in [-0.3, -0.25) is 14.9 Å². The lowest BCUT2D eigenvalue weighted by atomic mass is 9.72. The Labute approximate surface area is 188 Å². The van der Waals surface area contributed by atoms with Gasteiger partial charge in [0, 0.05) is 44.0 Å². The summed E-state index contributed by atoms with van der Waals surface area (Å²) in [4.78, 5) is 41.0. The number of hydrogen-bond donors (Lipinski definition) is 2. The Balaban J connectivity index is 1.36. The van der Waals surface area contributed by atoms with E-state index in [1.165, 1.54) is 11.3 Å². The molecule has 2 N–H and O–H groups in total. The fourth-order valence-corrected chi connectivity index (χ4v) is 4.63. The van der Waals surface area contributed by atoms with E-state index in [1.807, 2.05) is 36.1 Å². The van der Waals surface area contributed by atoms with E-state index in [-0.39, 0.29) is 17.8 Å². The Morgan fingerprint density at radius 1 is 1.06 bits per heavy atom. The number of urea groups is 1. The maximum absolute atomic E-state index is 12.8. The molecule has 0 radical (unpaired) electrons. The average Bonchev–Trinajstić information content (AvgIpc) is 2.80. The molecular weight excluding hydrogens is 404 g/mol. The van der Waals surface area contributed by atoms with Crippen molar-refractivity contribution in [1.82, 2.24) is 10.2 Å². The number of benzene rings is 2. The van der Waals surface area contributed by atoms with Crippen LogP contribution in [0.4, 0.5) is 16.2 Å². The monoisotopic (exact) mass is 434 g/mol. The summed E-state index contributed by atoms with van der Waals surface area (Å²) < 4.78 is 0. The molecule has 0 aromatic heterocycles. The summed E-state index contributed by atoms with van der Waals surface area (Å²) in [6.45, 7) is 6.95. The SMILES string of the molecule is CC[C@]1(c2ccc(NC(=O)N3CCN(c4cccc(C)c4)CC3)cc2)CCC(=O)NC1=O. The van der Waals surface area contributed by atoms with Crippen molar-refractivity contribution in [3.63, 3.8) is 0 Å². The predicted molar refractivity (Wildman–Crippen MR) is 125 cm³/mol. The number of rotatable bonds is 4. The van der Waals surface area contributed by atoms with E-state index >= 15 is 0 Å². The van der Waals surface area contributed by atoms with Crippen LogP contribution in [0.15, 0.2) is 48.5 Å². The Hall–Kier alpha value is -3.35. The van der Waals surface area contributed by atoms with Crippen molar-refractivity contribution in [1.29, 1.82) is 0 Å². The van der Waals surface area contributed by atoms with Gasteiger partial charge in [0.15, 0.2) is 0 Å². The molecule has 0 spiro atoms. The lowest BCUT2D eigenvalue weighted by Gasteiger charge is -2.36. The molecular formula is C25H30N4O3. The number of aryl methyl sites for hydroxylation is 1. The summed E-state index contributed by atoms with van der Waals surface area (Å²) in [5, 5.41) is 5.44. The van der Waals surface area contributed by atoms with Crippen LogP contribution in [0.1, 0.15) is 37.3 Å². The zero-order chi connectivity index (χ0) is 22.7. The molecule has 0 bridgehead atoms. The topological polar surface area (TPSA) is 81.8 Å². The number of piperidine rings is 1. The summed E-state index contributed by atoms with van der Waals surface area (Å²) in [5.74, 6) is -0.454. The number of hydrogen-bond acceptors (Lipinski definition) is 4. The molecule has 0 aliphatic carbocycles. The maximum Gasteiger partial charge on any atom is 0.321 e. The zero-order valence-corrected chi connectivity index (χ0v) is 18.7. The van der Waals surface area contributed by atoms with Gasteiger partial charge in [0.1, 0.15) is 0 Å². The predicted octanol–water partition coefficient (Wildman–Crippen LogP) is 3.43. The van der Waals surface area contributed by atoms with Gasteiger partial charge in [-0.15, -0.1) is 0 Å². The van der Waals surface area contributed by atoms with Gasteiger partial charge in [0.05, 0.1) is 5.41 Å². The quantitative estimate of drug-likeness (QED) is 0.723. The number of carbonyl (C=O) groups is 3. The molecule has 168 valence electrons. The number of imide groups is 1. The first kappa shape index (κ1) is 21.9. The number of anilines is 2. The molecule has 1 atom stereocenters. The second-order valence-electron chi connectivity index (χ2n) is 8.63. The van der Waals surface area contributed by atoms with Crippen LogP contribution in [0.3, 0.4) is 0 Å². The van der Waals surface area contributed by atoms with E-state index in [9.17, 15) is 14.4 Å². The van der Waals surface area contributed by atoms with Crippen molar-refractivity contribution < 1.29 is 14.4 Å². The molecule has 4 rings (SSSR count). The fraction of sp³-hybridized carbons (Fsp3) is 0.400. The third kappa shape index (κ3) is 4.33. The van der Waals surface area contributed by atoms with Gasteiger partial charge in [-0.25, -0.2) is 4.79 Å². The van der Waals surface area contributed by atoms with Crippen molar-refractivity contribution >= 4 is 29.2 Å². The molecule has 2 fully saturated rings. The molecule has 2 aliphatic rings. The molecule has 2 aromatic carbocycles. The standard InChI is InChI=1S/C25H30N4O3/c1-3-25(12-11-22(30)27-23(25)31)19-7-9-20(10-8-19)26-24(32)29-15-13-28(14-16-29)21-6-4-5-18(2)17-21/h4-10,17H,3,11-16H2,1-2H3,(H,26,32)(H,27,30,31)/t25-/m1/s1. The van der Waals surface area contributed by atoms with Gasteiger partial charge in [-0.05, 0) is 55.2 Å². The lowest BCUT2D eigenvalue weighted by molar-refractivity contribution is -0.138. The van der Waals surface area contributed by atoms with Crippen molar-refractivity contribution in [3.05, 3.63) is 59.7 Å². The smallest absolute Gasteiger partial charge is 0.321 e. The van der Waals surface area contributed by atoms with Crippen LogP contribution in [0, 0.1) is 6.92 Å². The van der Waals surface area contributed by atoms with Crippen LogP contribution in [0.25, 0.3) is 0 Å². The second-order valence-corrected chi connectivity index (χ2v) is 8.63. The van der Waals surface area contributed by atoms with Crippen molar-refractivity contribution in [2.45, 2.75) is 38.5 Å². The normalized spacial score (nSPS) is 21.3. The highest BCUT2D eigenvalue weighted by atomic mass is 16.2. The van der Waals surface area contributed by atoms with Crippen LogP contribution < -0.4 is 15.5 Å². The number of carbonyl (C=O) groups excluding carboxylic acids is 3. The summed E-state index contributed by atoms with van der Waals surface area (Å²) in [6.07, 6.45) is 1.46. The van der Waals surface area contributed by atoms with Crippen molar-refractivity contribution in [3.8, 4) is 0 Å². The van der Waals surface area contributed by atoms with E-state index in [2.05, 4.69) is 46.7 Å². The summed E-state index contributed by atoms with van der Waals surface area (Å²) in [7, 11) is 0. The van der Waals surface area contributed by atoms with Crippen molar-refractivity contribution in [2.75, 3.05) is 36.4 Å². The van der Waals surface area contributed by atoms with Gasteiger partial charge in [-0.1, -0.05) is 31.2 Å². The van der Waals surface area contributed by atoms with E-state index in [1.54, 1.807) is 0 Å². The lowest BCUT2D eigenvalue weighted by Crippen LogP contribution is -2.51. The first-order chi connectivity index (χ1) is 15.4. The third-order valence-corrected chi connectivity index (χ3v) is 6.69. The van der Waals surface area contributed by atoms with Crippen molar-refractivity contribution in [2.24, 2.45) is 0 Å². The Bertz CT molecular complexity index is 1010. The fourth-order valence-electron chi connectivity index (χ4n) is 4.63. The molecule has 2 saturated heterocycles. The molecule has 32 heavy (non-hydrogen) atoms. The highest BCUT2D eigenvalue weighted by Crippen LogP contribution is 2.36. The first-order valence-electron chi connectivity index (χ1n) is 11.2. The van der Waals surface area contributed by atoms with E-state index in [0.717, 1.165) is 18.7 Å². The Morgan fingerprint density at radius 3 is 2.41 bits per heavy atom. The molecule has 4 amide bonds. The van der Waals surface area contributed by atoms with Gasteiger partial charge in [-0.2, -0.15) is 0 Å². The molecule has 2 heterocycles. The van der Waals surface area contributed by atoms with Crippen LogP contribution >= 0.6 is 0 Å². The number of piperazine rings is 1. The third-order valence-electron chi connectivity index (χ3n) is 6.69. The highest BCUT2D eigenvalue weighted by Gasteiger charge is 2.42. The molecule has 2 aliphatic heterocycles. The summed E-state index contributed by atoms with van der Waals surface area (Å²) in [5.41, 5.74) is 3.29. The number of nitrogens with one attached hydrogen (secondary N) is 2.